The van der Waals surface area contributed by atoms with Gasteiger partial charge < -0.3 is 10.4 Å². The summed E-state index contributed by atoms with van der Waals surface area (Å²) in [7, 11) is 0. The van der Waals surface area contributed by atoms with Crippen LogP contribution in [0.25, 0.3) is 10.9 Å². The zero-order valence-corrected chi connectivity index (χ0v) is 12.9. The number of carbonyl (C=O) groups is 2. The van der Waals surface area contributed by atoms with Crippen molar-refractivity contribution in [1.82, 2.24) is 15.5 Å². The zero-order chi connectivity index (χ0) is 16.2. The number of hydrogen-bond acceptors (Lipinski definition) is 3. The number of aromatic nitrogens is 2. The number of nitrogens with one attached hydrogen (secondary N) is 2. The molecular formula is C17H21N3O3. The average Bonchev–Trinajstić information content (AvgIpc) is 2.77. The summed E-state index contributed by atoms with van der Waals surface area (Å²) < 4.78 is 0. The second-order valence-corrected chi connectivity index (χ2v) is 6.15. The Morgan fingerprint density at radius 1 is 1.22 bits per heavy atom. The van der Waals surface area contributed by atoms with Crippen molar-refractivity contribution in [2.75, 3.05) is 0 Å². The van der Waals surface area contributed by atoms with Gasteiger partial charge in [-0.1, -0.05) is 37.5 Å². The molecule has 6 heteroatoms. The molecule has 0 radical (unpaired) electrons. The molecule has 3 N–H and O–H groups in total. The maximum Gasteiger partial charge on any atom is 0.308 e. The maximum atomic E-state index is 12.4. The summed E-state index contributed by atoms with van der Waals surface area (Å²) in [6, 6.07) is 7.34. The Labute approximate surface area is 134 Å². The van der Waals surface area contributed by atoms with Gasteiger partial charge in [0.2, 0.25) is 5.91 Å². The van der Waals surface area contributed by atoms with E-state index < -0.39 is 11.9 Å². The highest BCUT2D eigenvalue weighted by Crippen LogP contribution is 2.24. The number of aliphatic carboxylic acids is 1. The first-order valence-corrected chi connectivity index (χ1v) is 8.09. The second-order valence-electron chi connectivity index (χ2n) is 6.15. The monoisotopic (exact) mass is 315 g/mol. The number of aromatic amines is 1. The number of H-pyrrole nitrogens is 1. The molecular weight excluding hydrogens is 294 g/mol. The van der Waals surface area contributed by atoms with E-state index in [4.69, 9.17) is 0 Å². The quantitative estimate of drug-likeness (QED) is 0.754. The minimum atomic E-state index is -0.816. The summed E-state index contributed by atoms with van der Waals surface area (Å²) in [5, 5.41) is 20.3. The van der Waals surface area contributed by atoms with Crippen molar-refractivity contribution in [3.63, 3.8) is 0 Å². The molecule has 1 saturated carbocycles. The molecule has 2 atom stereocenters. The van der Waals surface area contributed by atoms with Gasteiger partial charge in [-0.3, -0.25) is 14.7 Å². The molecule has 2 aromatic rings. The fourth-order valence-corrected chi connectivity index (χ4v) is 3.34. The summed E-state index contributed by atoms with van der Waals surface area (Å²) in [4.78, 5) is 23.8. The topological polar surface area (TPSA) is 95.1 Å². The lowest BCUT2D eigenvalue weighted by atomic mass is 9.94. The molecule has 1 amide bonds. The van der Waals surface area contributed by atoms with E-state index in [-0.39, 0.29) is 18.4 Å². The fourth-order valence-electron chi connectivity index (χ4n) is 3.34. The van der Waals surface area contributed by atoms with E-state index in [0.29, 0.717) is 6.42 Å². The summed E-state index contributed by atoms with van der Waals surface area (Å²) in [6.07, 6.45) is 4.45. The van der Waals surface area contributed by atoms with Crippen molar-refractivity contribution in [1.29, 1.82) is 0 Å². The molecule has 3 rings (SSSR count). The van der Waals surface area contributed by atoms with Crippen LogP contribution in [0.3, 0.4) is 0 Å². The van der Waals surface area contributed by atoms with Crippen molar-refractivity contribution < 1.29 is 14.7 Å². The highest BCUT2D eigenvalue weighted by Gasteiger charge is 2.30. The van der Waals surface area contributed by atoms with E-state index >= 15 is 0 Å². The molecule has 0 bridgehead atoms. The van der Waals surface area contributed by atoms with Crippen molar-refractivity contribution >= 4 is 22.8 Å². The molecule has 1 aliphatic rings. The van der Waals surface area contributed by atoms with Gasteiger partial charge in [0.1, 0.15) is 0 Å². The van der Waals surface area contributed by atoms with Gasteiger partial charge in [-0.25, -0.2) is 0 Å². The maximum absolute atomic E-state index is 12.4. The van der Waals surface area contributed by atoms with E-state index in [1.165, 1.54) is 0 Å². The Kier molecular flexibility index (Phi) is 4.60. The van der Waals surface area contributed by atoms with Crippen LogP contribution in [0, 0.1) is 5.92 Å². The Morgan fingerprint density at radius 2 is 2.00 bits per heavy atom. The van der Waals surface area contributed by atoms with Gasteiger partial charge in [0.15, 0.2) is 0 Å². The first-order valence-electron chi connectivity index (χ1n) is 8.09. The van der Waals surface area contributed by atoms with E-state index in [0.717, 1.165) is 42.3 Å². The molecule has 122 valence electrons. The van der Waals surface area contributed by atoms with Gasteiger partial charge >= 0.3 is 5.97 Å². The number of fused-ring (bicyclic) bond motifs is 1. The zero-order valence-electron chi connectivity index (χ0n) is 12.9. The fraction of sp³-hybridized carbons (Fsp3) is 0.471. The van der Waals surface area contributed by atoms with Crippen LogP contribution in [0.5, 0.6) is 0 Å². The van der Waals surface area contributed by atoms with Crippen LogP contribution in [-0.2, 0) is 16.0 Å². The molecule has 23 heavy (non-hydrogen) atoms. The van der Waals surface area contributed by atoms with Crippen molar-refractivity contribution in [2.45, 2.75) is 44.6 Å². The average molecular weight is 315 g/mol. The van der Waals surface area contributed by atoms with Gasteiger partial charge in [-0.15, -0.1) is 0 Å². The van der Waals surface area contributed by atoms with Gasteiger partial charge in [-0.05, 0) is 18.9 Å². The minimum Gasteiger partial charge on any atom is -0.481 e. The first-order chi connectivity index (χ1) is 11.1. The van der Waals surface area contributed by atoms with Gasteiger partial charge in [0.25, 0.3) is 0 Å². The third-order valence-corrected chi connectivity index (χ3v) is 4.56. The minimum absolute atomic E-state index is 0.155. The number of benzene rings is 1. The van der Waals surface area contributed by atoms with E-state index in [2.05, 4.69) is 15.5 Å². The smallest absolute Gasteiger partial charge is 0.308 e. The number of nitrogens with zero attached hydrogens (tertiary/aromatic N) is 1. The Morgan fingerprint density at radius 3 is 2.83 bits per heavy atom. The number of hydrogen-bond donors (Lipinski definition) is 3. The standard InChI is InChI=1S/C17H21N3O3/c21-16(10-15-11-6-4-5-9-14(11)19-20-15)18-13-8-3-1-2-7-12(13)17(22)23/h4-6,9,12-13H,1-3,7-8,10H2,(H,18,21)(H,19,20)(H,22,23)/t12-,13+/m1/s1. The van der Waals surface area contributed by atoms with E-state index in [1.54, 1.807) is 0 Å². The van der Waals surface area contributed by atoms with Crippen LogP contribution in [0.2, 0.25) is 0 Å². The van der Waals surface area contributed by atoms with Gasteiger partial charge in [0, 0.05) is 11.4 Å². The Balaban J connectivity index is 1.69. The highest BCUT2D eigenvalue weighted by molar-refractivity contribution is 5.87. The molecule has 1 aromatic heterocycles. The highest BCUT2D eigenvalue weighted by atomic mass is 16.4. The van der Waals surface area contributed by atoms with Crippen molar-refractivity contribution in [3.8, 4) is 0 Å². The third kappa shape index (κ3) is 3.52. The molecule has 6 nitrogen and oxygen atoms in total. The van der Waals surface area contributed by atoms with Gasteiger partial charge in [-0.2, -0.15) is 5.10 Å². The number of carboxylic acid groups (broad SMARTS) is 1. The lowest BCUT2D eigenvalue weighted by molar-refractivity contribution is -0.143. The largest absolute Gasteiger partial charge is 0.481 e. The van der Waals surface area contributed by atoms with Crippen LogP contribution in [0.4, 0.5) is 0 Å². The SMILES string of the molecule is O=C(Cc1[nH]nc2ccccc12)N[C@H]1CCCCC[C@H]1C(=O)O. The number of para-hydroxylation sites is 1. The van der Waals surface area contributed by atoms with E-state index in [9.17, 15) is 14.7 Å². The molecule has 1 aromatic carbocycles. The van der Waals surface area contributed by atoms with Crippen LogP contribution in [0.15, 0.2) is 24.3 Å². The Bertz CT molecular complexity index is 710. The van der Waals surface area contributed by atoms with Crippen LogP contribution >= 0.6 is 0 Å². The molecule has 0 saturated heterocycles. The molecule has 1 aliphatic carbocycles. The summed E-state index contributed by atoms with van der Waals surface area (Å²) in [6.45, 7) is 0. The van der Waals surface area contributed by atoms with Crippen LogP contribution in [0.1, 0.15) is 37.8 Å². The second kappa shape index (κ2) is 6.81. The number of carbonyl (C=O) groups excluding carboxylic acids is 1. The first kappa shape index (κ1) is 15.5. The Hall–Kier alpha value is -2.37. The molecule has 0 aliphatic heterocycles. The third-order valence-electron chi connectivity index (χ3n) is 4.56. The number of rotatable bonds is 4. The normalized spacial score (nSPS) is 21.7. The summed E-state index contributed by atoms with van der Waals surface area (Å²) in [5.74, 6) is -1.46. The number of amides is 1. The molecule has 1 fully saturated rings. The van der Waals surface area contributed by atoms with E-state index in [1.807, 2.05) is 24.3 Å². The summed E-state index contributed by atoms with van der Waals surface area (Å²) in [5.41, 5.74) is 1.59. The molecule has 1 heterocycles. The lowest BCUT2D eigenvalue weighted by Gasteiger charge is -2.22. The predicted octanol–water partition coefficient (Wildman–Crippen LogP) is 2.26. The molecule has 0 spiro atoms. The lowest BCUT2D eigenvalue weighted by Crippen LogP contribution is -2.43. The van der Waals surface area contributed by atoms with Crippen molar-refractivity contribution in [3.05, 3.63) is 30.0 Å². The predicted molar refractivity (Wildman–Crippen MR) is 85.9 cm³/mol. The molecule has 0 unspecified atom stereocenters. The van der Waals surface area contributed by atoms with Gasteiger partial charge in [0.05, 0.1) is 23.5 Å². The van der Waals surface area contributed by atoms with Crippen molar-refractivity contribution in [2.24, 2.45) is 5.92 Å². The van der Waals surface area contributed by atoms with Crippen LogP contribution < -0.4 is 5.32 Å². The summed E-state index contributed by atoms with van der Waals surface area (Å²) >= 11 is 0. The van der Waals surface area contributed by atoms with Crippen LogP contribution in [-0.4, -0.2) is 33.2 Å². The number of carboxylic acids is 1.